The Kier molecular flexibility index (Phi) is 5.97. The number of aliphatic carboxylic acids is 1. The van der Waals surface area contributed by atoms with Crippen molar-refractivity contribution in [2.75, 3.05) is 19.8 Å². The van der Waals surface area contributed by atoms with Crippen molar-refractivity contribution in [3.63, 3.8) is 0 Å². The van der Waals surface area contributed by atoms with Crippen LogP contribution in [0.2, 0.25) is 0 Å². The van der Waals surface area contributed by atoms with Gasteiger partial charge in [-0.1, -0.05) is 19.9 Å². The molecule has 0 radical (unpaired) electrons. The summed E-state index contributed by atoms with van der Waals surface area (Å²) in [5.74, 6) is 1.11. The van der Waals surface area contributed by atoms with Gasteiger partial charge in [0.05, 0.1) is 18.6 Å². The molecule has 0 aliphatic carbocycles. The molecule has 2 rings (SSSR count). The molecule has 0 bridgehead atoms. The third-order valence-corrected chi connectivity index (χ3v) is 4.61. The van der Waals surface area contributed by atoms with Gasteiger partial charge in [0, 0.05) is 6.54 Å². The van der Waals surface area contributed by atoms with Gasteiger partial charge in [-0.2, -0.15) is 0 Å². The maximum absolute atomic E-state index is 11.0. The normalized spacial score (nSPS) is 21.1. The van der Waals surface area contributed by atoms with E-state index >= 15 is 0 Å². The molecule has 2 N–H and O–H groups in total. The van der Waals surface area contributed by atoms with Crippen molar-refractivity contribution >= 4 is 17.7 Å². The molecule has 0 amide bonds. The largest absolute Gasteiger partial charge is 0.490 e. The molecule has 1 aliphatic rings. The first-order chi connectivity index (χ1) is 10.5. The number of benzene rings is 1. The van der Waals surface area contributed by atoms with E-state index < -0.39 is 11.2 Å². The molecule has 2 atom stereocenters. The van der Waals surface area contributed by atoms with Crippen LogP contribution in [0.25, 0.3) is 0 Å². The zero-order valence-corrected chi connectivity index (χ0v) is 14.0. The third-order valence-electron chi connectivity index (χ3n) is 3.21. The lowest BCUT2D eigenvalue weighted by atomic mass is 10.2. The fraction of sp³-hybridized carbons (Fsp3) is 0.562. The summed E-state index contributed by atoms with van der Waals surface area (Å²) in [4.78, 5) is 11.0. The lowest BCUT2D eigenvalue weighted by Crippen LogP contribution is -2.21. The molecular formula is C16H23NO4S. The van der Waals surface area contributed by atoms with E-state index in [1.165, 1.54) is 11.8 Å². The fourth-order valence-electron chi connectivity index (χ4n) is 2.15. The minimum absolute atomic E-state index is 0.0283. The van der Waals surface area contributed by atoms with Crippen LogP contribution in [-0.2, 0) is 4.79 Å². The summed E-state index contributed by atoms with van der Waals surface area (Å²) in [7, 11) is 0. The molecule has 122 valence electrons. The number of hydrogen-bond donors (Lipinski definition) is 2. The van der Waals surface area contributed by atoms with Crippen molar-refractivity contribution in [2.24, 2.45) is 5.92 Å². The number of carbonyl (C=O) groups is 1. The van der Waals surface area contributed by atoms with Crippen LogP contribution >= 0.6 is 11.8 Å². The van der Waals surface area contributed by atoms with E-state index in [0.29, 0.717) is 31.4 Å². The first-order valence-electron chi connectivity index (χ1n) is 7.52. The first kappa shape index (κ1) is 17.0. The Bertz CT molecular complexity index is 521. The lowest BCUT2D eigenvalue weighted by molar-refractivity contribution is -0.136. The summed E-state index contributed by atoms with van der Waals surface area (Å²) in [6.07, 6.45) is 0. The predicted octanol–water partition coefficient (Wildman–Crippen LogP) is 2.91. The Morgan fingerprint density at radius 3 is 2.77 bits per heavy atom. The van der Waals surface area contributed by atoms with Crippen molar-refractivity contribution in [1.29, 1.82) is 0 Å². The molecule has 1 aromatic rings. The lowest BCUT2D eigenvalue weighted by Gasteiger charge is -2.17. The summed E-state index contributed by atoms with van der Waals surface area (Å²) in [6, 6.07) is 5.81. The van der Waals surface area contributed by atoms with Crippen LogP contribution in [0.15, 0.2) is 18.2 Å². The van der Waals surface area contributed by atoms with Gasteiger partial charge < -0.3 is 14.6 Å². The van der Waals surface area contributed by atoms with Crippen molar-refractivity contribution in [2.45, 2.75) is 31.4 Å². The molecule has 1 fully saturated rings. The van der Waals surface area contributed by atoms with Crippen LogP contribution in [0.5, 0.6) is 11.5 Å². The summed E-state index contributed by atoms with van der Waals surface area (Å²) in [6.45, 7) is 7.79. The standard InChI is InChI=1S/C16H23NO4S/c1-4-20-13-7-11(5-6-12(13)21-9-10(2)3)15-17-8-14(22-15)16(18)19/h5-7,10,14-15,17H,4,8-9H2,1-3H3,(H,18,19)/t14-,15-/m0/s1. The van der Waals surface area contributed by atoms with Gasteiger partial charge in [0.2, 0.25) is 0 Å². The maximum Gasteiger partial charge on any atom is 0.318 e. The SMILES string of the molecule is CCOc1cc([C@H]2NC[C@@H](C(=O)O)S2)ccc1OCC(C)C. The molecule has 0 unspecified atom stereocenters. The summed E-state index contributed by atoms with van der Waals surface area (Å²) in [5, 5.41) is 11.9. The number of ether oxygens (including phenoxy) is 2. The Morgan fingerprint density at radius 2 is 2.18 bits per heavy atom. The summed E-state index contributed by atoms with van der Waals surface area (Å²) in [5.41, 5.74) is 1.01. The van der Waals surface area contributed by atoms with E-state index in [2.05, 4.69) is 19.2 Å². The third kappa shape index (κ3) is 4.30. The van der Waals surface area contributed by atoms with E-state index in [-0.39, 0.29) is 5.37 Å². The second-order valence-corrected chi connectivity index (χ2v) is 6.91. The van der Waals surface area contributed by atoms with E-state index in [1.54, 1.807) is 0 Å². The van der Waals surface area contributed by atoms with Gasteiger partial charge in [0.1, 0.15) is 5.25 Å². The van der Waals surface area contributed by atoms with Gasteiger partial charge in [0.25, 0.3) is 0 Å². The van der Waals surface area contributed by atoms with Crippen LogP contribution in [-0.4, -0.2) is 36.1 Å². The first-order valence-corrected chi connectivity index (χ1v) is 8.46. The fourth-order valence-corrected chi connectivity index (χ4v) is 3.28. The number of rotatable bonds is 7. The number of hydrogen-bond acceptors (Lipinski definition) is 5. The maximum atomic E-state index is 11.0. The van der Waals surface area contributed by atoms with Gasteiger partial charge in [-0.15, -0.1) is 11.8 Å². The van der Waals surface area contributed by atoms with Crippen molar-refractivity contribution in [3.05, 3.63) is 23.8 Å². The van der Waals surface area contributed by atoms with Crippen LogP contribution in [0.4, 0.5) is 0 Å². The highest BCUT2D eigenvalue weighted by molar-refractivity contribution is 8.01. The smallest absolute Gasteiger partial charge is 0.318 e. The number of nitrogens with one attached hydrogen (secondary N) is 1. The van der Waals surface area contributed by atoms with E-state index in [1.807, 2.05) is 25.1 Å². The van der Waals surface area contributed by atoms with Crippen LogP contribution < -0.4 is 14.8 Å². The Morgan fingerprint density at radius 1 is 1.41 bits per heavy atom. The zero-order chi connectivity index (χ0) is 16.1. The minimum atomic E-state index is -0.776. The molecule has 6 heteroatoms. The van der Waals surface area contributed by atoms with Gasteiger partial charge in [-0.25, -0.2) is 0 Å². The Hall–Kier alpha value is -1.40. The number of carboxylic acid groups (broad SMARTS) is 1. The molecule has 1 aliphatic heterocycles. The van der Waals surface area contributed by atoms with Gasteiger partial charge >= 0.3 is 5.97 Å². The van der Waals surface area contributed by atoms with E-state index in [9.17, 15) is 4.79 Å². The molecule has 0 aromatic heterocycles. The number of carboxylic acids is 1. The van der Waals surface area contributed by atoms with Crippen LogP contribution in [0, 0.1) is 5.92 Å². The Balaban J connectivity index is 2.13. The average Bonchev–Trinajstić information content (AvgIpc) is 2.96. The van der Waals surface area contributed by atoms with Gasteiger partial charge in [-0.3, -0.25) is 10.1 Å². The highest BCUT2D eigenvalue weighted by Crippen LogP contribution is 2.39. The van der Waals surface area contributed by atoms with E-state index in [4.69, 9.17) is 14.6 Å². The second-order valence-electron chi connectivity index (χ2n) is 5.60. The van der Waals surface area contributed by atoms with Gasteiger partial charge in [0.15, 0.2) is 11.5 Å². The predicted molar refractivity (Wildman–Crippen MR) is 87.7 cm³/mol. The molecule has 22 heavy (non-hydrogen) atoms. The summed E-state index contributed by atoms with van der Waals surface area (Å²) < 4.78 is 11.4. The molecular weight excluding hydrogens is 302 g/mol. The van der Waals surface area contributed by atoms with E-state index in [0.717, 1.165) is 11.3 Å². The van der Waals surface area contributed by atoms with Crippen molar-refractivity contribution in [3.8, 4) is 11.5 Å². The molecule has 1 heterocycles. The zero-order valence-electron chi connectivity index (χ0n) is 13.2. The molecule has 5 nitrogen and oxygen atoms in total. The van der Waals surface area contributed by atoms with Crippen molar-refractivity contribution < 1.29 is 19.4 Å². The quantitative estimate of drug-likeness (QED) is 0.803. The highest BCUT2D eigenvalue weighted by Gasteiger charge is 2.31. The molecule has 1 aromatic carbocycles. The number of thioether (sulfide) groups is 1. The molecule has 0 spiro atoms. The monoisotopic (exact) mass is 325 g/mol. The summed E-state index contributed by atoms with van der Waals surface area (Å²) >= 11 is 1.42. The molecule has 0 saturated carbocycles. The average molecular weight is 325 g/mol. The Labute approximate surface area is 135 Å². The second kappa shape index (κ2) is 7.74. The van der Waals surface area contributed by atoms with Gasteiger partial charge in [-0.05, 0) is 30.5 Å². The minimum Gasteiger partial charge on any atom is -0.490 e. The molecule has 1 saturated heterocycles. The van der Waals surface area contributed by atoms with Crippen molar-refractivity contribution in [1.82, 2.24) is 5.32 Å². The van der Waals surface area contributed by atoms with Crippen LogP contribution in [0.1, 0.15) is 31.7 Å². The highest BCUT2D eigenvalue weighted by atomic mass is 32.2. The van der Waals surface area contributed by atoms with Crippen LogP contribution in [0.3, 0.4) is 0 Å². The topological polar surface area (TPSA) is 67.8 Å².